The van der Waals surface area contributed by atoms with Crippen molar-refractivity contribution in [2.24, 2.45) is 5.73 Å². The van der Waals surface area contributed by atoms with Crippen molar-refractivity contribution in [1.29, 1.82) is 0 Å². The summed E-state index contributed by atoms with van der Waals surface area (Å²) in [6, 6.07) is 3.75. The molecule has 7 heteroatoms. The van der Waals surface area contributed by atoms with Crippen molar-refractivity contribution in [2.75, 3.05) is 0 Å². The Morgan fingerprint density at radius 1 is 1.50 bits per heavy atom. The van der Waals surface area contributed by atoms with Gasteiger partial charge in [-0.3, -0.25) is 10.1 Å². The summed E-state index contributed by atoms with van der Waals surface area (Å²) in [5, 5.41) is 10.6. The first kappa shape index (κ1) is 11.2. The molecule has 0 saturated heterocycles. The molecule has 16 heavy (non-hydrogen) atoms. The van der Waals surface area contributed by atoms with Gasteiger partial charge in [0, 0.05) is 12.5 Å². The van der Waals surface area contributed by atoms with Crippen LogP contribution in [0.4, 0.5) is 14.5 Å². The van der Waals surface area contributed by atoms with Crippen LogP contribution in [0.25, 0.3) is 0 Å². The Morgan fingerprint density at radius 3 is 2.50 bits per heavy atom. The summed E-state index contributed by atoms with van der Waals surface area (Å²) in [6.07, 6.45) is -0.620. The van der Waals surface area contributed by atoms with Crippen LogP contribution in [0.1, 0.15) is 12.0 Å². The molecule has 0 aliphatic heterocycles. The van der Waals surface area contributed by atoms with Crippen LogP contribution in [0.3, 0.4) is 0 Å². The molecule has 0 spiro atoms. The van der Waals surface area contributed by atoms with Gasteiger partial charge >= 0.3 is 0 Å². The Labute approximate surface area is 94.1 Å². The maximum atomic E-state index is 13.1. The van der Waals surface area contributed by atoms with Gasteiger partial charge in [-0.2, -0.15) is 0 Å². The average molecular weight is 249 g/mol. The van der Waals surface area contributed by atoms with Gasteiger partial charge in [-0.05, 0) is 6.07 Å². The molecule has 1 unspecified atom stereocenters. The summed E-state index contributed by atoms with van der Waals surface area (Å²) in [5.41, 5.74) is 2.69. The van der Waals surface area contributed by atoms with Crippen LogP contribution in [-0.4, -0.2) is 10.8 Å². The maximum Gasteiger partial charge on any atom is 0.276 e. The Kier molecular flexibility index (Phi) is 2.18. The van der Waals surface area contributed by atoms with Crippen molar-refractivity contribution in [1.82, 2.24) is 0 Å². The minimum absolute atomic E-state index is 0.103. The molecule has 0 heterocycles. The second-order valence-corrected chi connectivity index (χ2v) is 4.15. The number of nitrogens with zero attached hydrogens (tertiary/aromatic N) is 1. The smallest absolute Gasteiger partial charge is 0.276 e. The zero-order valence-corrected chi connectivity index (χ0v) is 8.67. The molecule has 0 amide bonds. The fraction of sp³-hybridized carbons (Fsp3) is 0.333. The zero-order valence-electron chi connectivity index (χ0n) is 7.91. The van der Waals surface area contributed by atoms with E-state index >= 15 is 0 Å². The Balaban J connectivity index is 2.61. The molecule has 1 fully saturated rings. The molecule has 4 nitrogen and oxygen atoms in total. The second kappa shape index (κ2) is 3.11. The van der Waals surface area contributed by atoms with Gasteiger partial charge < -0.3 is 5.73 Å². The highest BCUT2D eigenvalue weighted by atomic mass is 35.5. The molecule has 0 bridgehead atoms. The minimum Gasteiger partial charge on any atom is -0.316 e. The van der Waals surface area contributed by atoms with E-state index in [2.05, 4.69) is 0 Å². The van der Waals surface area contributed by atoms with Crippen LogP contribution in [-0.2, 0) is 5.54 Å². The summed E-state index contributed by atoms with van der Waals surface area (Å²) in [7, 11) is 0. The third kappa shape index (κ3) is 1.37. The van der Waals surface area contributed by atoms with Crippen LogP contribution < -0.4 is 5.73 Å². The zero-order chi connectivity index (χ0) is 12.1. The molecular formula is C9H7ClF2N2O2. The van der Waals surface area contributed by atoms with Gasteiger partial charge in [-0.15, -0.1) is 0 Å². The van der Waals surface area contributed by atoms with Gasteiger partial charge in [-0.1, -0.05) is 17.7 Å². The molecule has 1 aromatic carbocycles. The fourth-order valence-electron chi connectivity index (χ4n) is 1.68. The molecule has 0 aromatic heterocycles. The predicted molar refractivity (Wildman–Crippen MR) is 53.5 cm³/mol. The van der Waals surface area contributed by atoms with E-state index in [-0.39, 0.29) is 10.6 Å². The summed E-state index contributed by atoms with van der Waals surface area (Å²) in [5.74, 6) is -3.14. The maximum absolute atomic E-state index is 13.1. The Hall–Kier alpha value is -1.27. The number of nitro groups is 1. The SMILES string of the molecule is NC1(c2c(Cl)cccc2[N+](=O)[O-])CC1(F)F. The van der Waals surface area contributed by atoms with Crippen LogP contribution in [0.15, 0.2) is 18.2 Å². The molecular weight excluding hydrogens is 242 g/mol. The van der Waals surface area contributed by atoms with Crippen molar-refractivity contribution >= 4 is 17.3 Å². The quantitative estimate of drug-likeness (QED) is 0.646. The summed E-state index contributed by atoms with van der Waals surface area (Å²) < 4.78 is 26.2. The summed E-state index contributed by atoms with van der Waals surface area (Å²) in [4.78, 5) is 9.95. The second-order valence-electron chi connectivity index (χ2n) is 3.74. The van der Waals surface area contributed by atoms with E-state index in [1.807, 2.05) is 0 Å². The first-order chi connectivity index (χ1) is 7.29. The standard InChI is InChI=1S/C9H7ClF2N2O2/c10-5-2-1-3-6(14(15)16)7(5)8(13)4-9(8,11)12/h1-3H,4,13H2. The highest BCUT2D eigenvalue weighted by Crippen LogP contribution is 2.60. The lowest BCUT2D eigenvalue weighted by atomic mass is 10.0. The van der Waals surface area contributed by atoms with Crippen molar-refractivity contribution < 1.29 is 13.7 Å². The molecule has 1 aliphatic carbocycles. The number of alkyl halides is 2. The number of nitrogens with two attached hydrogens (primary N) is 1. The van der Waals surface area contributed by atoms with E-state index in [0.717, 1.165) is 6.07 Å². The van der Waals surface area contributed by atoms with E-state index in [9.17, 15) is 18.9 Å². The lowest BCUT2D eigenvalue weighted by Gasteiger charge is -2.12. The molecule has 1 aliphatic rings. The van der Waals surface area contributed by atoms with E-state index in [4.69, 9.17) is 17.3 Å². The Bertz CT molecular complexity index is 481. The van der Waals surface area contributed by atoms with Gasteiger partial charge in [0.2, 0.25) is 0 Å². The number of halogens is 3. The third-order valence-electron chi connectivity index (χ3n) is 2.66. The lowest BCUT2D eigenvalue weighted by molar-refractivity contribution is -0.386. The molecule has 1 saturated carbocycles. The van der Waals surface area contributed by atoms with Gasteiger partial charge in [0.05, 0.1) is 15.5 Å². The molecule has 1 aromatic rings. The molecule has 2 rings (SSSR count). The molecule has 1 atom stereocenters. The summed E-state index contributed by atoms with van der Waals surface area (Å²) >= 11 is 5.71. The molecule has 2 N–H and O–H groups in total. The van der Waals surface area contributed by atoms with Gasteiger partial charge in [0.25, 0.3) is 11.6 Å². The minimum atomic E-state index is -3.14. The van der Waals surface area contributed by atoms with Crippen molar-refractivity contribution in [3.8, 4) is 0 Å². The topological polar surface area (TPSA) is 69.2 Å². The number of nitro benzene ring substituents is 1. The largest absolute Gasteiger partial charge is 0.316 e. The normalized spacial score (nSPS) is 26.5. The number of hydrogen-bond acceptors (Lipinski definition) is 3. The van der Waals surface area contributed by atoms with Crippen molar-refractivity contribution in [3.05, 3.63) is 38.9 Å². The third-order valence-corrected chi connectivity index (χ3v) is 2.98. The van der Waals surface area contributed by atoms with Crippen LogP contribution in [0.5, 0.6) is 0 Å². The van der Waals surface area contributed by atoms with Crippen molar-refractivity contribution in [2.45, 2.75) is 17.9 Å². The van der Waals surface area contributed by atoms with Gasteiger partial charge in [-0.25, -0.2) is 8.78 Å². The van der Waals surface area contributed by atoms with Crippen LogP contribution in [0, 0.1) is 10.1 Å². The van der Waals surface area contributed by atoms with Crippen LogP contribution in [0.2, 0.25) is 5.02 Å². The van der Waals surface area contributed by atoms with E-state index in [1.54, 1.807) is 0 Å². The predicted octanol–water partition coefficient (Wildman–Crippen LogP) is 2.44. The van der Waals surface area contributed by atoms with Gasteiger partial charge in [0.1, 0.15) is 5.54 Å². The molecule has 0 radical (unpaired) electrons. The number of rotatable bonds is 2. The fourth-order valence-corrected chi connectivity index (χ4v) is 2.02. The van der Waals surface area contributed by atoms with E-state index in [1.165, 1.54) is 12.1 Å². The monoisotopic (exact) mass is 248 g/mol. The first-order valence-electron chi connectivity index (χ1n) is 4.40. The highest BCUT2D eigenvalue weighted by Gasteiger charge is 2.72. The van der Waals surface area contributed by atoms with E-state index < -0.39 is 28.5 Å². The van der Waals surface area contributed by atoms with E-state index in [0.29, 0.717) is 0 Å². The highest BCUT2D eigenvalue weighted by molar-refractivity contribution is 6.31. The lowest BCUT2D eigenvalue weighted by Crippen LogP contribution is -2.28. The van der Waals surface area contributed by atoms with Crippen LogP contribution >= 0.6 is 11.6 Å². The van der Waals surface area contributed by atoms with Crippen molar-refractivity contribution in [3.63, 3.8) is 0 Å². The number of benzene rings is 1. The average Bonchev–Trinajstić information content (AvgIpc) is 2.65. The molecule has 86 valence electrons. The first-order valence-corrected chi connectivity index (χ1v) is 4.77. The Morgan fingerprint density at radius 2 is 2.06 bits per heavy atom. The van der Waals surface area contributed by atoms with Gasteiger partial charge in [0.15, 0.2) is 0 Å². The summed E-state index contributed by atoms with van der Waals surface area (Å²) in [6.45, 7) is 0. The number of hydrogen-bond donors (Lipinski definition) is 1.